The molecule has 0 saturated carbocycles. The maximum absolute atomic E-state index is 11.5. The number of ether oxygens (including phenoxy) is 1. The fourth-order valence-corrected chi connectivity index (χ4v) is 1.50. The van der Waals surface area contributed by atoms with Crippen LogP contribution in [0.25, 0.3) is 6.08 Å². The third-order valence-corrected chi connectivity index (χ3v) is 2.86. The van der Waals surface area contributed by atoms with Crippen molar-refractivity contribution in [2.45, 2.75) is 26.4 Å². The van der Waals surface area contributed by atoms with E-state index in [4.69, 9.17) is 14.9 Å². The van der Waals surface area contributed by atoms with Crippen molar-refractivity contribution >= 4 is 23.8 Å². The van der Waals surface area contributed by atoms with Gasteiger partial charge in [0, 0.05) is 5.92 Å². The highest BCUT2D eigenvalue weighted by atomic mass is 16.5. The molecular weight excluding hydrogens is 304 g/mol. The average molecular weight is 322 g/mol. The van der Waals surface area contributed by atoms with Crippen LogP contribution in [0.15, 0.2) is 24.3 Å². The van der Waals surface area contributed by atoms with E-state index in [-0.39, 0.29) is 23.2 Å². The number of aliphatic carboxylic acids is 1. The van der Waals surface area contributed by atoms with E-state index in [1.807, 2.05) is 0 Å². The maximum atomic E-state index is 11.5. The van der Waals surface area contributed by atoms with Crippen molar-refractivity contribution in [1.29, 1.82) is 0 Å². The number of esters is 1. The highest BCUT2D eigenvalue weighted by Gasteiger charge is 2.20. The van der Waals surface area contributed by atoms with Crippen LogP contribution in [-0.4, -0.2) is 39.1 Å². The van der Waals surface area contributed by atoms with Gasteiger partial charge < -0.3 is 20.1 Å². The van der Waals surface area contributed by atoms with E-state index in [0.29, 0.717) is 5.56 Å². The summed E-state index contributed by atoms with van der Waals surface area (Å²) in [5.74, 6) is -3.25. The first-order valence-corrected chi connectivity index (χ1v) is 6.87. The third-order valence-electron chi connectivity index (χ3n) is 2.86. The number of carboxylic acid groups (broad SMARTS) is 1. The van der Waals surface area contributed by atoms with Gasteiger partial charge in [0.15, 0.2) is 23.4 Å². The van der Waals surface area contributed by atoms with E-state index in [1.54, 1.807) is 13.8 Å². The van der Waals surface area contributed by atoms with Crippen LogP contribution in [0.2, 0.25) is 0 Å². The van der Waals surface area contributed by atoms with Crippen LogP contribution < -0.4 is 4.74 Å². The van der Waals surface area contributed by atoms with Crippen molar-refractivity contribution in [2.24, 2.45) is 5.92 Å². The Morgan fingerprint density at radius 2 is 1.91 bits per heavy atom. The van der Waals surface area contributed by atoms with Gasteiger partial charge in [-0.2, -0.15) is 0 Å². The minimum absolute atomic E-state index is 0.0670. The molecule has 0 saturated heterocycles. The zero-order valence-electron chi connectivity index (χ0n) is 12.7. The molecule has 0 amide bonds. The lowest BCUT2D eigenvalue weighted by molar-refractivity contribution is -0.152. The monoisotopic (exact) mass is 322 g/mol. The van der Waals surface area contributed by atoms with Gasteiger partial charge in [0.05, 0.1) is 6.42 Å². The van der Waals surface area contributed by atoms with Crippen LogP contribution in [0.5, 0.6) is 11.5 Å². The molecule has 0 aliphatic heterocycles. The molecule has 0 radical (unpaired) electrons. The molecule has 1 unspecified atom stereocenters. The Balaban J connectivity index is 2.75. The number of carboxylic acids is 1. The molecule has 0 aromatic heterocycles. The summed E-state index contributed by atoms with van der Waals surface area (Å²) in [4.78, 5) is 33.4. The van der Waals surface area contributed by atoms with Gasteiger partial charge in [-0.15, -0.1) is 0 Å². The number of rotatable bonds is 7. The number of aliphatic hydroxyl groups excluding tert-OH is 1. The number of carbonyl (C=O) groups is 3. The largest absolute Gasteiger partial charge is 0.504 e. The summed E-state index contributed by atoms with van der Waals surface area (Å²) in [5.41, 5.74) is 0.530. The van der Waals surface area contributed by atoms with E-state index in [9.17, 15) is 19.5 Å². The molecular formula is C16H18O7. The molecule has 0 aliphatic carbocycles. The summed E-state index contributed by atoms with van der Waals surface area (Å²) in [6.45, 7) is 3.52. The normalized spacial score (nSPS) is 12.3. The Bertz CT molecular complexity index is 631. The number of hydrogen-bond donors (Lipinski definition) is 3. The van der Waals surface area contributed by atoms with Crippen LogP contribution >= 0.6 is 0 Å². The number of hydrogen-bond acceptors (Lipinski definition) is 6. The Kier molecular flexibility index (Phi) is 6.47. The van der Waals surface area contributed by atoms with E-state index in [0.717, 1.165) is 0 Å². The number of carbonyl (C=O) groups excluding carboxylic acids is 2. The van der Waals surface area contributed by atoms with Crippen molar-refractivity contribution in [3.8, 4) is 11.5 Å². The number of phenols is 1. The van der Waals surface area contributed by atoms with Gasteiger partial charge in [0.2, 0.25) is 0 Å². The van der Waals surface area contributed by atoms with Crippen LogP contribution in [0.4, 0.5) is 0 Å². The van der Waals surface area contributed by atoms with Crippen molar-refractivity contribution in [3.05, 3.63) is 29.8 Å². The van der Waals surface area contributed by atoms with Crippen LogP contribution in [0, 0.1) is 5.92 Å². The standard InChI is InChI=1S/C16H18O7/c1-9(2)11(17)5-3-10-4-6-14(12(18)7-10)23-15(20)8-13(19)16(21)22/h3-7,9,13,18-19H,8H2,1-2H3,(H,21,22)/b5-3+. The fourth-order valence-electron chi connectivity index (χ4n) is 1.50. The second kappa shape index (κ2) is 8.09. The minimum Gasteiger partial charge on any atom is -0.504 e. The number of allylic oxidation sites excluding steroid dienone is 1. The van der Waals surface area contributed by atoms with Gasteiger partial charge >= 0.3 is 11.9 Å². The number of aliphatic hydroxyl groups is 1. The first-order valence-electron chi connectivity index (χ1n) is 6.87. The number of ketones is 1. The molecule has 0 heterocycles. The Labute approximate surface area is 132 Å². The highest BCUT2D eigenvalue weighted by Crippen LogP contribution is 2.27. The van der Waals surface area contributed by atoms with Crippen molar-refractivity contribution in [2.75, 3.05) is 0 Å². The van der Waals surface area contributed by atoms with E-state index < -0.39 is 24.5 Å². The molecule has 0 fully saturated rings. The van der Waals surface area contributed by atoms with E-state index in [2.05, 4.69) is 0 Å². The summed E-state index contributed by atoms with van der Waals surface area (Å²) in [6, 6.07) is 4.11. The van der Waals surface area contributed by atoms with Gasteiger partial charge in [0.25, 0.3) is 0 Å². The highest BCUT2D eigenvalue weighted by molar-refractivity contribution is 5.94. The van der Waals surface area contributed by atoms with Gasteiger partial charge in [-0.25, -0.2) is 4.79 Å². The van der Waals surface area contributed by atoms with E-state index >= 15 is 0 Å². The van der Waals surface area contributed by atoms with Gasteiger partial charge in [-0.05, 0) is 23.8 Å². The number of benzene rings is 1. The summed E-state index contributed by atoms with van der Waals surface area (Å²) >= 11 is 0. The van der Waals surface area contributed by atoms with Crippen LogP contribution in [0.3, 0.4) is 0 Å². The SMILES string of the molecule is CC(C)C(=O)/C=C/c1ccc(OC(=O)CC(O)C(=O)O)c(O)c1. The van der Waals surface area contributed by atoms with Crippen LogP contribution in [-0.2, 0) is 14.4 Å². The fraction of sp³-hybridized carbons (Fsp3) is 0.312. The summed E-state index contributed by atoms with van der Waals surface area (Å²) in [7, 11) is 0. The zero-order chi connectivity index (χ0) is 17.6. The lowest BCUT2D eigenvalue weighted by atomic mass is 10.1. The molecule has 1 aromatic carbocycles. The average Bonchev–Trinajstić information content (AvgIpc) is 2.46. The predicted molar refractivity (Wildman–Crippen MR) is 80.9 cm³/mol. The predicted octanol–water partition coefficient (Wildman–Crippen LogP) is 1.37. The van der Waals surface area contributed by atoms with Crippen LogP contribution in [0.1, 0.15) is 25.8 Å². The second-order valence-corrected chi connectivity index (χ2v) is 5.15. The number of aromatic hydroxyl groups is 1. The van der Waals surface area contributed by atoms with Gasteiger partial charge in [0.1, 0.15) is 0 Å². The first-order chi connectivity index (χ1) is 10.7. The molecule has 1 atom stereocenters. The second-order valence-electron chi connectivity index (χ2n) is 5.15. The molecule has 0 spiro atoms. The lowest BCUT2D eigenvalue weighted by Crippen LogP contribution is -2.25. The topological polar surface area (TPSA) is 121 Å². The van der Waals surface area contributed by atoms with Crippen molar-refractivity contribution in [3.63, 3.8) is 0 Å². The maximum Gasteiger partial charge on any atom is 0.333 e. The van der Waals surface area contributed by atoms with E-state index in [1.165, 1.54) is 30.4 Å². The zero-order valence-corrected chi connectivity index (χ0v) is 12.7. The summed E-state index contributed by atoms with van der Waals surface area (Å²) < 4.78 is 4.78. The van der Waals surface area contributed by atoms with Gasteiger partial charge in [-0.1, -0.05) is 26.0 Å². The van der Waals surface area contributed by atoms with Gasteiger partial charge in [-0.3, -0.25) is 9.59 Å². The molecule has 3 N–H and O–H groups in total. The Morgan fingerprint density at radius 3 is 2.43 bits per heavy atom. The molecule has 0 bridgehead atoms. The Morgan fingerprint density at radius 1 is 1.26 bits per heavy atom. The lowest BCUT2D eigenvalue weighted by Gasteiger charge is -2.08. The quantitative estimate of drug-likeness (QED) is 0.394. The molecule has 0 aliphatic rings. The Hall–Kier alpha value is -2.67. The minimum atomic E-state index is -1.87. The number of phenolic OH excluding ortho intramolecular Hbond substituents is 1. The van der Waals surface area contributed by atoms with Crippen molar-refractivity contribution < 1.29 is 34.4 Å². The molecule has 7 heteroatoms. The molecule has 23 heavy (non-hydrogen) atoms. The molecule has 1 rings (SSSR count). The third kappa shape index (κ3) is 5.91. The summed E-state index contributed by atoms with van der Waals surface area (Å²) in [5, 5.41) is 27.3. The molecule has 124 valence electrons. The molecule has 7 nitrogen and oxygen atoms in total. The summed E-state index contributed by atoms with van der Waals surface area (Å²) in [6.07, 6.45) is 0.295. The van der Waals surface area contributed by atoms with Crippen molar-refractivity contribution in [1.82, 2.24) is 0 Å². The first kappa shape index (κ1) is 18.4. The smallest absolute Gasteiger partial charge is 0.333 e. The molecule has 1 aromatic rings.